The molecule has 1 unspecified atom stereocenters. The average Bonchev–Trinajstić information content (AvgIpc) is 2.96. The maximum Gasteiger partial charge on any atom is 0.237 e. The molecule has 1 aromatic rings. The Bertz CT molecular complexity index is 374. The zero-order valence-electron chi connectivity index (χ0n) is 9.13. The molecule has 4 nitrogen and oxygen atoms in total. The van der Waals surface area contributed by atoms with E-state index in [1.54, 1.807) is 0 Å². The van der Waals surface area contributed by atoms with E-state index < -0.39 is 0 Å². The fraction of sp³-hybridized carbons (Fsp3) is 0.545. The molecule has 5 heteroatoms. The normalized spacial score (nSPS) is 17.1. The highest BCUT2D eigenvalue weighted by atomic mass is 127. The number of nitrogens with one attached hydrogen (secondary N) is 2. The van der Waals surface area contributed by atoms with Crippen LogP contribution in [0.4, 0.5) is 0 Å². The summed E-state index contributed by atoms with van der Waals surface area (Å²) in [6, 6.07) is 4.07. The predicted molar refractivity (Wildman–Crippen MR) is 68.9 cm³/mol. The number of halogens is 1. The zero-order valence-corrected chi connectivity index (χ0v) is 11.3. The van der Waals surface area contributed by atoms with E-state index in [1.165, 1.54) is 0 Å². The van der Waals surface area contributed by atoms with Gasteiger partial charge in [-0.25, -0.2) is 0 Å². The lowest BCUT2D eigenvalue weighted by atomic mass is 10.3. The molecule has 1 atom stereocenters. The highest BCUT2D eigenvalue weighted by molar-refractivity contribution is 14.1. The molecule has 1 saturated carbocycles. The van der Waals surface area contributed by atoms with Gasteiger partial charge in [0.1, 0.15) is 5.76 Å². The molecule has 1 aromatic heterocycles. The summed E-state index contributed by atoms with van der Waals surface area (Å²) in [5, 5.41) is 6.10. The Kier molecular flexibility index (Phi) is 3.86. The van der Waals surface area contributed by atoms with Crippen LogP contribution in [0.25, 0.3) is 0 Å². The van der Waals surface area contributed by atoms with Crippen molar-refractivity contribution in [1.82, 2.24) is 10.6 Å². The summed E-state index contributed by atoms with van der Waals surface area (Å²) in [5.41, 5.74) is 0. The van der Waals surface area contributed by atoms with Gasteiger partial charge in [0.15, 0.2) is 3.77 Å². The van der Waals surface area contributed by atoms with Crippen LogP contribution < -0.4 is 10.6 Å². The number of rotatable bonds is 5. The topological polar surface area (TPSA) is 54.3 Å². The molecule has 2 rings (SSSR count). The van der Waals surface area contributed by atoms with Gasteiger partial charge in [-0.3, -0.25) is 10.1 Å². The van der Waals surface area contributed by atoms with Crippen LogP contribution in [0.3, 0.4) is 0 Å². The third-order valence-corrected chi connectivity index (χ3v) is 3.11. The van der Waals surface area contributed by atoms with Gasteiger partial charge in [0.05, 0.1) is 12.6 Å². The summed E-state index contributed by atoms with van der Waals surface area (Å²) in [4.78, 5) is 11.6. The van der Waals surface area contributed by atoms with Crippen molar-refractivity contribution in [1.29, 1.82) is 0 Å². The maximum absolute atomic E-state index is 11.6. The van der Waals surface area contributed by atoms with Crippen LogP contribution in [0.2, 0.25) is 0 Å². The summed E-state index contributed by atoms with van der Waals surface area (Å²) in [7, 11) is 0. The molecule has 0 aromatic carbocycles. The van der Waals surface area contributed by atoms with Crippen LogP contribution in [-0.4, -0.2) is 18.0 Å². The van der Waals surface area contributed by atoms with Gasteiger partial charge in [-0.1, -0.05) is 0 Å². The van der Waals surface area contributed by atoms with Crippen molar-refractivity contribution in [3.63, 3.8) is 0 Å². The van der Waals surface area contributed by atoms with Gasteiger partial charge in [-0.15, -0.1) is 0 Å². The molecule has 0 saturated heterocycles. The minimum absolute atomic E-state index is 0.0729. The average molecular weight is 334 g/mol. The molecule has 1 amide bonds. The molecule has 1 fully saturated rings. The molecule has 1 aliphatic rings. The third kappa shape index (κ3) is 3.48. The molecule has 0 bridgehead atoms. The van der Waals surface area contributed by atoms with Gasteiger partial charge < -0.3 is 9.73 Å². The fourth-order valence-corrected chi connectivity index (χ4v) is 1.81. The lowest BCUT2D eigenvalue weighted by Crippen LogP contribution is -2.42. The van der Waals surface area contributed by atoms with Crippen LogP contribution in [0, 0.1) is 3.77 Å². The number of hydrogen-bond donors (Lipinski definition) is 2. The van der Waals surface area contributed by atoms with Crippen LogP contribution >= 0.6 is 22.6 Å². The van der Waals surface area contributed by atoms with Crippen molar-refractivity contribution < 1.29 is 9.21 Å². The van der Waals surface area contributed by atoms with Gasteiger partial charge in [0.25, 0.3) is 0 Å². The van der Waals surface area contributed by atoms with Gasteiger partial charge in [0.2, 0.25) is 5.91 Å². The van der Waals surface area contributed by atoms with E-state index in [1.807, 2.05) is 19.1 Å². The van der Waals surface area contributed by atoms with Crippen molar-refractivity contribution in [2.75, 3.05) is 0 Å². The quantitative estimate of drug-likeness (QED) is 0.805. The summed E-state index contributed by atoms with van der Waals surface area (Å²) >= 11 is 2.12. The standard InChI is InChI=1S/C11H15IN2O2/c1-7(11(15)14-8-2-3-8)13-6-9-4-5-10(12)16-9/h4-5,7-8,13H,2-3,6H2,1H3,(H,14,15). The molecule has 0 aliphatic heterocycles. The second-order valence-electron chi connectivity index (χ2n) is 4.09. The van der Waals surface area contributed by atoms with Crippen molar-refractivity contribution in [2.45, 2.75) is 38.4 Å². The first-order valence-electron chi connectivity index (χ1n) is 5.43. The van der Waals surface area contributed by atoms with E-state index >= 15 is 0 Å². The molecule has 16 heavy (non-hydrogen) atoms. The highest BCUT2D eigenvalue weighted by Crippen LogP contribution is 2.18. The summed E-state index contributed by atoms with van der Waals surface area (Å²) in [6.07, 6.45) is 2.24. The SMILES string of the molecule is CC(NCc1ccc(I)o1)C(=O)NC1CC1. The number of carbonyl (C=O) groups excluding carboxylic acids is 1. The van der Waals surface area contributed by atoms with Gasteiger partial charge in [-0.05, 0) is 54.5 Å². The predicted octanol–water partition coefficient (Wildman–Crippen LogP) is 1.64. The van der Waals surface area contributed by atoms with E-state index in [-0.39, 0.29) is 11.9 Å². The first-order chi connectivity index (χ1) is 7.65. The number of furan rings is 1. The largest absolute Gasteiger partial charge is 0.454 e. The summed E-state index contributed by atoms with van der Waals surface area (Å²) < 4.78 is 6.26. The lowest BCUT2D eigenvalue weighted by Gasteiger charge is -2.12. The Morgan fingerprint density at radius 1 is 1.62 bits per heavy atom. The van der Waals surface area contributed by atoms with Crippen LogP contribution in [0.15, 0.2) is 16.5 Å². The Balaban J connectivity index is 1.73. The van der Waals surface area contributed by atoms with Crippen molar-refractivity contribution in [2.24, 2.45) is 0 Å². The van der Waals surface area contributed by atoms with Crippen molar-refractivity contribution in [3.05, 3.63) is 21.7 Å². The Morgan fingerprint density at radius 3 is 2.94 bits per heavy atom. The molecule has 1 heterocycles. The fourth-order valence-electron chi connectivity index (χ4n) is 1.35. The van der Waals surface area contributed by atoms with Gasteiger partial charge in [0, 0.05) is 6.04 Å². The number of hydrogen-bond acceptors (Lipinski definition) is 3. The highest BCUT2D eigenvalue weighted by Gasteiger charge is 2.25. The smallest absolute Gasteiger partial charge is 0.237 e. The van der Waals surface area contributed by atoms with E-state index in [4.69, 9.17) is 4.42 Å². The minimum Gasteiger partial charge on any atom is -0.454 e. The molecule has 1 aliphatic carbocycles. The monoisotopic (exact) mass is 334 g/mol. The number of amides is 1. The molecule has 88 valence electrons. The van der Waals surface area contributed by atoms with E-state index in [0.717, 1.165) is 22.4 Å². The van der Waals surface area contributed by atoms with E-state index in [0.29, 0.717) is 12.6 Å². The summed E-state index contributed by atoms with van der Waals surface area (Å²) in [6.45, 7) is 2.45. The lowest BCUT2D eigenvalue weighted by molar-refractivity contribution is -0.122. The van der Waals surface area contributed by atoms with Crippen molar-refractivity contribution >= 4 is 28.5 Å². The molecular formula is C11H15IN2O2. The summed E-state index contributed by atoms with van der Waals surface area (Å²) in [5.74, 6) is 0.930. The zero-order chi connectivity index (χ0) is 11.5. The first kappa shape index (κ1) is 11.9. The Hall–Kier alpha value is -0.560. The van der Waals surface area contributed by atoms with Crippen LogP contribution in [0.5, 0.6) is 0 Å². The van der Waals surface area contributed by atoms with E-state index in [9.17, 15) is 4.79 Å². The van der Waals surface area contributed by atoms with E-state index in [2.05, 4.69) is 33.2 Å². The molecule has 0 spiro atoms. The second kappa shape index (κ2) is 5.18. The number of carbonyl (C=O) groups is 1. The minimum atomic E-state index is -0.177. The Morgan fingerprint density at radius 2 is 2.38 bits per heavy atom. The van der Waals surface area contributed by atoms with Gasteiger partial charge >= 0.3 is 0 Å². The third-order valence-electron chi connectivity index (χ3n) is 2.53. The second-order valence-corrected chi connectivity index (χ2v) is 5.15. The van der Waals surface area contributed by atoms with Crippen molar-refractivity contribution in [3.8, 4) is 0 Å². The molecular weight excluding hydrogens is 319 g/mol. The van der Waals surface area contributed by atoms with Gasteiger partial charge in [-0.2, -0.15) is 0 Å². The molecule has 0 radical (unpaired) electrons. The van der Waals surface area contributed by atoms with Crippen LogP contribution in [-0.2, 0) is 11.3 Å². The first-order valence-corrected chi connectivity index (χ1v) is 6.51. The Labute approximate surface area is 108 Å². The molecule has 2 N–H and O–H groups in total. The maximum atomic E-state index is 11.6. The van der Waals surface area contributed by atoms with Crippen LogP contribution in [0.1, 0.15) is 25.5 Å².